The Kier molecular flexibility index (Phi) is 4.98. The second-order valence-corrected chi connectivity index (χ2v) is 3.80. The molecule has 3 nitrogen and oxygen atoms in total. The highest BCUT2D eigenvalue weighted by atomic mass is 35.5. The summed E-state index contributed by atoms with van der Waals surface area (Å²) < 4.78 is 0. The molecule has 1 rings (SSSR count). The molecule has 0 fully saturated rings. The average Bonchev–Trinajstić information content (AvgIpc) is 2.34. The fourth-order valence-corrected chi connectivity index (χ4v) is 1.85. The lowest BCUT2D eigenvalue weighted by molar-refractivity contribution is -0.111. The second-order valence-electron chi connectivity index (χ2n) is 2.21. The Morgan fingerprint density at radius 2 is 2.23 bits per heavy atom. The largest absolute Gasteiger partial charge is 0.383 e. The Balaban J connectivity index is 0.00000144. The van der Waals surface area contributed by atoms with Crippen molar-refractivity contribution in [3.8, 4) is 0 Å². The highest BCUT2D eigenvalue weighted by molar-refractivity contribution is 7.14. The Morgan fingerprint density at radius 3 is 2.62 bits per heavy atom. The molecular weight excluding hydrogens is 231 g/mol. The smallest absolute Gasteiger partial charge is 0.226 e. The Labute approximate surface area is 90.8 Å². The first-order valence-corrected chi connectivity index (χ1v) is 4.40. The molecule has 0 aliphatic carbocycles. The number of amidine groups is 1. The maximum Gasteiger partial charge on any atom is 0.226 e. The van der Waals surface area contributed by atoms with Gasteiger partial charge >= 0.3 is 0 Å². The van der Waals surface area contributed by atoms with Crippen LogP contribution in [0.2, 0.25) is 0 Å². The van der Waals surface area contributed by atoms with Crippen molar-refractivity contribution in [2.45, 2.75) is 6.42 Å². The summed E-state index contributed by atoms with van der Waals surface area (Å²) in [6, 6.07) is 3.46. The molecule has 0 aliphatic rings. The number of thiophene rings is 1. The van der Waals surface area contributed by atoms with Crippen LogP contribution >= 0.6 is 35.3 Å². The Hall–Kier alpha value is -0.580. The van der Waals surface area contributed by atoms with E-state index in [1.54, 1.807) is 12.1 Å². The van der Waals surface area contributed by atoms with Crippen molar-refractivity contribution in [3.63, 3.8) is 0 Å². The lowest BCUT2D eigenvalue weighted by atomic mass is 10.3. The van der Waals surface area contributed by atoms with Gasteiger partial charge in [0.2, 0.25) is 5.24 Å². The lowest BCUT2D eigenvalue weighted by Crippen LogP contribution is -2.08. The van der Waals surface area contributed by atoms with Gasteiger partial charge in [0.15, 0.2) is 0 Å². The molecule has 0 atom stereocenters. The minimum Gasteiger partial charge on any atom is -0.383 e. The van der Waals surface area contributed by atoms with Gasteiger partial charge < -0.3 is 5.73 Å². The predicted molar refractivity (Wildman–Crippen MR) is 57.1 cm³/mol. The molecule has 72 valence electrons. The zero-order valence-electron chi connectivity index (χ0n) is 6.54. The highest BCUT2D eigenvalue weighted by Gasteiger charge is 2.04. The van der Waals surface area contributed by atoms with Crippen LogP contribution in [0.25, 0.3) is 0 Å². The van der Waals surface area contributed by atoms with Crippen LogP contribution in [0.1, 0.15) is 9.75 Å². The molecule has 0 saturated heterocycles. The summed E-state index contributed by atoms with van der Waals surface area (Å²) in [5.74, 6) is 0.0215. The van der Waals surface area contributed by atoms with Crippen LogP contribution in [0.3, 0.4) is 0 Å². The third-order valence-electron chi connectivity index (χ3n) is 1.24. The first kappa shape index (κ1) is 12.4. The molecule has 0 unspecified atom stereocenters. The standard InChI is InChI=1S/C7H7ClN2OS.ClH/c8-6(11)3-4-1-2-5(12-4)7(9)10;/h1-2H,3H2,(H3,9,10);1H. The average molecular weight is 239 g/mol. The van der Waals surface area contributed by atoms with Crippen LogP contribution in [0.4, 0.5) is 0 Å². The Morgan fingerprint density at radius 1 is 1.62 bits per heavy atom. The quantitative estimate of drug-likeness (QED) is 0.479. The van der Waals surface area contributed by atoms with Crippen molar-refractivity contribution in [2.24, 2.45) is 5.73 Å². The van der Waals surface area contributed by atoms with Crippen LogP contribution in [-0.2, 0) is 11.2 Å². The van der Waals surface area contributed by atoms with E-state index < -0.39 is 5.24 Å². The summed E-state index contributed by atoms with van der Waals surface area (Å²) >= 11 is 6.50. The summed E-state index contributed by atoms with van der Waals surface area (Å²) in [7, 11) is 0. The molecule has 0 saturated carbocycles. The molecule has 1 heterocycles. The molecule has 0 aliphatic heterocycles. The molecule has 0 spiro atoms. The van der Waals surface area contributed by atoms with Crippen LogP contribution < -0.4 is 5.73 Å². The van der Waals surface area contributed by atoms with E-state index in [9.17, 15) is 4.79 Å². The molecule has 6 heteroatoms. The number of halogens is 2. The molecule has 0 aromatic carbocycles. The van der Waals surface area contributed by atoms with Crippen LogP contribution in [0, 0.1) is 5.41 Å². The summed E-state index contributed by atoms with van der Waals surface area (Å²) in [6.07, 6.45) is 0.208. The van der Waals surface area contributed by atoms with Gasteiger partial charge in [0, 0.05) is 4.88 Å². The van der Waals surface area contributed by atoms with E-state index in [0.29, 0.717) is 4.88 Å². The number of nitrogen functional groups attached to an aromatic ring is 1. The summed E-state index contributed by atoms with van der Waals surface area (Å²) in [4.78, 5) is 12.0. The van der Waals surface area contributed by atoms with Crippen molar-refractivity contribution >= 4 is 46.4 Å². The van der Waals surface area contributed by atoms with Gasteiger partial charge in [0.1, 0.15) is 5.84 Å². The van der Waals surface area contributed by atoms with E-state index in [-0.39, 0.29) is 24.7 Å². The van der Waals surface area contributed by atoms with Gasteiger partial charge in [-0.2, -0.15) is 0 Å². The van der Waals surface area contributed by atoms with Crippen LogP contribution in [0.5, 0.6) is 0 Å². The number of nitrogens with one attached hydrogen (secondary N) is 1. The van der Waals surface area contributed by atoms with E-state index in [1.807, 2.05) is 0 Å². The van der Waals surface area contributed by atoms with E-state index in [4.69, 9.17) is 22.7 Å². The van der Waals surface area contributed by atoms with Gasteiger partial charge in [0.25, 0.3) is 0 Å². The zero-order chi connectivity index (χ0) is 9.14. The monoisotopic (exact) mass is 238 g/mol. The number of nitrogens with two attached hydrogens (primary N) is 1. The minimum atomic E-state index is -0.396. The van der Waals surface area contributed by atoms with Gasteiger partial charge in [0.05, 0.1) is 11.3 Å². The van der Waals surface area contributed by atoms with E-state index in [1.165, 1.54) is 11.3 Å². The van der Waals surface area contributed by atoms with Gasteiger partial charge in [-0.05, 0) is 23.7 Å². The molecule has 3 N–H and O–H groups in total. The SMILES string of the molecule is Cl.N=C(N)c1ccc(CC(=O)Cl)s1. The normalized spacial score (nSPS) is 9.00. The summed E-state index contributed by atoms with van der Waals surface area (Å²) in [5.41, 5.74) is 5.23. The lowest BCUT2D eigenvalue weighted by Gasteiger charge is -1.89. The molecular formula is C7H8Cl2N2OS. The third kappa shape index (κ3) is 3.76. The highest BCUT2D eigenvalue weighted by Crippen LogP contribution is 2.16. The zero-order valence-corrected chi connectivity index (χ0v) is 8.93. The number of carbonyl (C=O) groups excluding carboxylic acids is 1. The molecule has 13 heavy (non-hydrogen) atoms. The van der Waals surface area contributed by atoms with Gasteiger partial charge in [-0.15, -0.1) is 23.7 Å². The molecule has 0 radical (unpaired) electrons. The molecule has 0 amide bonds. The summed E-state index contributed by atoms with van der Waals surface area (Å²) in [5, 5.41) is 6.71. The van der Waals surface area contributed by atoms with Gasteiger partial charge in [-0.1, -0.05) is 0 Å². The third-order valence-corrected chi connectivity index (χ3v) is 2.49. The van der Waals surface area contributed by atoms with E-state index in [0.717, 1.165) is 4.88 Å². The van der Waals surface area contributed by atoms with Crippen LogP contribution in [-0.4, -0.2) is 11.1 Å². The van der Waals surface area contributed by atoms with E-state index >= 15 is 0 Å². The Bertz CT molecular complexity index is 324. The van der Waals surface area contributed by atoms with Crippen molar-refractivity contribution < 1.29 is 4.79 Å². The molecule has 0 bridgehead atoms. The number of hydrogen-bond donors (Lipinski definition) is 2. The van der Waals surface area contributed by atoms with Crippen molar-refractivity contribution in [1.29, 1.82) is 5.41 Å². The predicted octanol–water partition coefficient (Wildman–Crippen LogP) is 1.76. The topological polar surface area (TPSA) is 66.9 Å². The molecule has 1 aromatic rings. The first-order chi connectivity index (χ1) is 5.59. The van der Waals surface area contributed by atoms with Crippen molar-refractivity contribution in [2.75, 3.05) is 0 Å². The minimum absolute atomic E-state index is 0. The van der Waals surface area contributed by atoms with E-state index in [2.05, 4.69) is 0 Å². The number of carbonyl (C=O) groups is 1. The second kappa shape index (κ2) is 5.21. The maximum atomic E-state index is 10.5. The fraction of sp³-hybridized carbons (Fsp3) is 0.143. The van der Waals surface area contributed by atoms with Gasteiger partial charge in [-0.3, -0.25) is 10.2 Å². The first-order valence-electron chi connectivity index (χ1n) is 3.21. The van der Waals surface area contributed by atoms with Crippen molar-refractivity contribution in [3.05, 3.63) is 21.9 Å². The van der Waals surface area contributed by atoms with Crippen LogP contribution in [0.15, 0.2) is 12.1 Å². The van der Waals surface area contributed by atoms with Crippen molar-refractivity contribution in [1.82, 2.24) is 0 Å². The van der Waals surface area contributed by atoms with Gasteiger partial charge in [-0.25, -0.2) is 0 Å². The summed E-state index contributed by atoms with van der Waals surface area (Å²) in [6.45, 7) is 0. The molecule has 1 aromatic heterocycles. The number of hydrogen-bond acceptors (Lipinski definition) is 3. The number of rotatable bonds is 3. The maximum absolute atomic E-state index is 10.5. The fourth-order valence-electron chi connectivity index (χ4n) is 0.755.